The summed E-state index contributed by atoms with van der Waals surface area (Å²) in [6.45, 7) is 21.8. The van der Waals surface area contributed by atoms with E-state index in [1.807, 2.05) is 0 Å². The van der Waals surface area contributed by atoms with Gasteiger partial charge in [0.05, 0.1) is 36.6 Å². The van der Waals surface area contributed by atoms with E-state index in [-0.39, 0.29) is 57.6 Å². The number of aliphatic hydroxyl groups is 1. The van der Waals surface area contributed by atoms with Gasteiger partial charge in [-0.1, -0.05) is 27.7 Å². The van der Waals surface area contributed by atoms with E-state index < -0.39 is 35.4 Å². The minimum Gasteiger partial charge on any atom is -0.457 e. The predicted molar refractivity (Wildman–Crippen MR) is 199 cm³/mol. The van der Waals surface area contributed by atoms with E-state index in [0.717, 1.165) is 90.8 Å². The molecule has 53 heavy (non-hydrogen) atoms. The van der Waals surface area contributed by atoms with Gasteiger partial charge in [0.2, 0.25) is 0 Å². The molecule has 3 aliphatic heterocycles. The van der Waals surface area contributed by atoms with Crippen LogP contribution in [0.3, 0.4) is 0 Å². The van der Waals surface area contributed by atoms with Crippen molar-refractivity contribution in [2.45, 2.75) is 142 Å². The minimum atomic E-state index is -1.31. The van der Waals surface area contributed by atoms with Gasteiger partial charge in [0, 0.05) is 59.2 Å². The lowest BCUT2D eigenvalue weighted by molar-refractivity contribution is -0.246. The van der Waals surface area contributed by atoms with Crippen molar-refractivity contribution in [3.05, 3.63) is 0 Å². The Morgan fingerprint density at radius 1 is 1.06 bits per heavy atom. The van der Waals surface area contributed by atoms with Crippen LogP contribution >= 0.6 is 0 Å². The first kappa shape index (κ1) is 38.7. The Bertz CT molecular complexity index is 1430. The first-order chi connectivity index (χ1) is 24.9. The first-order valence-electron chi connectivity index (χ1n) is 21.0. The monoisotopic (exact) mass is 744 g/mol. The molecular formula is C42H69N3O8. The highest BCUT2D eigenvalue weighted by Crippen LogP contribution is 2.87. The van der Waals surface area contributed by atoms with Gasteiger partial charge in [0.1, 0.15) is 6.10 Å². The lowest BCUT2D eigenvalue weighted by atomic mass is 9.43. The number of ketones is 1. The normalized spacial score (nSPS) is 47.3. The summed E-state index contributed by atoms with van der Waals surface area (Å²) < 4.78 is 30.9. The first-order valence-corrected chi connectivity index (χ1v) is 21.0. The van der Waals surface area contributed by atoms with Gasteiger partial charge < -0.3 is 39.4 Å². The highest BCUT2D eigenvalue weighted by molar-refractivity contribution is 5.97. The van der Waals surface area contributed by atoms with Gasteiger partial charge in [0.15, 0.2) is 18.2 Å². The average molecular weight is 744 g/mol. The molecule has 0 radical (unpaired) electrons. The molecule has 13 atom stereocenters. The van der Waals surface area contributed by atoms with Crippen LogP contribution in [-0.2, 0) is 33.3 Å². The van der Waals surface area contributed by atoms with Crippen molar-refractivity contribution < 1.29 is 38.4 Å². The van der Waals surface area contributed by atoms with Crippen molar-refractivity contribution in [1.29, 1.82) is 0 Å². The number of carbonyl (C=O) groups is 2. The predicted octanol–water partition coefficient (Wildman–Crippen LogP) is 4.02. The van der Waals surface area contributed by atoms with Crippen LogP contribution < -0.4 is 5.73 Å². The van der Waals surface area contributed by atoms with Crippen LogP contribution in [0.15, 0.2) is 0 Å². The Balaban J connectivity index is 0.959. The molecule has 0 bridgehead atoms. The number of fused-ring (bicyclic) bond motifs is 4. The Kier molecular flexibility index (Phi) is 9.62. The van der Waals surface area contributed by atoms with E-state index in [2.05, 4.69) is 37.5 Å². The number of nitrogens with two attached hydrogens (primary N) is 1. The Morgan fingerprint density at radius 2 is 1.77 bits per heavy atom. The second kappa shape index (κ2) is 13.2. The SMILES string of the molecule is COCCN1CC(CN2CCO[C@@H](OC3CCC45CC46CCC4(C)[C@@H]7C(OC(C(OC(C)=O)C(C)(C)O)C[C@H]7C)C(=O)[C@@]4(N)C6CC[C@H]5C3(C)C)C2)C1. The van der Waals surface area contributed by atoms with E-state index >= 15 is 0 Å². The number of hydrogen-bond donors (Lipinski definition) is 2. The van der Waals surface area contributed by atoms with Crippen molar-refractivity contribution in [3.63, 3.8) is 0 Å². The largest absolute Gasteiger partial charge is 0.457 e. The van der Waals surface area contributed by atoms with Crippen molar-refractivity contribution in [1.82, 2.24) is 9.80 Å². The summed E-state index contributed by atoms with van der Waals surface area (Å²) in [6, 6.07) is 0. The molecule has 3 heterocycles. The number of ether oxygens (including phenoxy) is 5. The second-order valence-corrected chi connectivity index (χ2v) is 20.5. The molecule has 5 aliphatic carbocycles. The van der Waals surface area contributed by atoms with E-state index in [1.54, 1.807) is 21.0 Å². The highest BCUT2D eigenvalue weighted by atomic mass is 16.7. The van der Waals surface area contributed by atoms with Crippen molar-refractivity contribution >= 4 is 11.8 Å². The van der Waals surface area contributed by atoms with Gasteiger partial charge in [-0.3, -0.25) is 14.5 Å². The van der Waals surface area contributed by atoms with E-state index in [1.165, 1.54) is 6.92 Å². The Hall–Kier alpha value is -1.18. The minimum absolute atomic E-state index is 0.00432. The quantitative estimate of drug-likeness (QED) is 0.315. The maximum absolute atomic E-state index is 15.0. The van der Waals surface area contributed by atoms with Gasteiger partial charge in [-0.05, 0) is 111 Å². The third-order valence-electron chi connectivity index (χ3n) is 16.9. The molecule has 0 aromatic heterocycles. The van der Waals surface area contributed by atoms with Crippen LogP contribution in [0.1, 0.15) is 99.8 Å². The molecule has 8 fully saturated rings. The Morgan fingerprint density at radius 3 is 2.47 bits per heavy atom. The summed E-state index contributed by atoms with van der Waals surface area (Å²) in [6.07, 6.45) is 5.79. The standard InChI is InChI=1S/C42H69N3O8/c1-25-19-28(36(38(5,6)48)51-26(2)46)52-34-33(25)39(7)13-14-41-24-40(41)12-11-31(37(3,4)29(40)9-10-30(41)42(39,43)35(34)47)53-32-23-45(16-18-50-32)22-27-20-44(21-27)15-17-49-8/h25,27-34,36,48H,9-24,43H2,1-8H3/t25-,28?,29+,30?,31?,32+,33+,34?,36?,39?,40?,41?,42+/m1/s1. The van der Waals surface area contributed by atoms with Gasteiger partial charge >= 0.3 is 5.97 Å². The lowest BCUT2D eigenvalue weighted by Crippen LogP contribution is -2.69. The van der Waals surface area contributed by atoms with E-state index in [0.29, 0.717) is 24.9 Å². The third kappa shape index (κ3) is 5.78. The summed E-state index contributed by atoms with van der Waals surface area (Å²) in [5.74, 6) is 1.05. The zero-order valence-corrected chi connectivity index (χ0v) is 33.9. The molecule has 5 saturated carbocycles. The van der Waals surface area contributed by atoms with Crippen LogP contribution in [-0.4, -0.2) is 128 Å². The molecule has 0 aromatic carbocycles. The molecule has 0 amide bonds. The third-order valence-corrected chi connectivity index (χ3v) is 16.9. The molecule has 2 spiro atoms. The maximum atomic E-state index is 15.0. The number of Topliss-reactive ketones (excluding diaryl/α,β-unsaturated/α-hetero) is 1. The van der Waals surface area contributed by atoms with E-state index in [9.17, 15) is 14.7 Å². The molecule has 8 unspecified atom stereocenters. The molecule has 3 saturated heterocycles. The summed E-state index contributed by atoms with van der Waals surface area (Å²) in [7, 11) is 1.77. The zero-order chi connectivity index (χ0) is 37.9. The number of hydrogen-bond acceptors (Lipinski definition) is 11. The molecule has 11 nitrogen and oxygen atoms in total. The summed E-state index contributed by atoms with van der Waals surface area (Å²) in [5, 5.41) is 11.0. The number of rotatable bonds is 10. The average Bonchev–Trinajstić information content (AvgIpc) is 3.70. The van der Waals surface area contributed by atoms with Gasteiger partial charge in [0.25, 0.3) is 0 Å². The van der Waals surface area contributed by atoms with Crippen LogP contribution in [0.2, 0.25) is 0 Å². The fourth-order valence-corrected chi connectivity index (χ4v) is 14.6. The fourth-order valence-electron chi connectivity index (χ4n) is 14.6. The van der Waals surface area contributed by atoms with Crippen LogP contribution in [0.4, 0.5) is 0 Å². The molecule has 11 heteroatoms. The number of morpholine rings is 1. The molecule has 8 rings (SSSR count). The smallest absolute Gasteiger partial charge is 0.303 e. The molecule has 300 valence electrons. The van der Waals surface area contributed by atoms with E-state index in [4.69, 9.17) is 29.4 Å². The number of likely N-dealkylation sites (tertiary alicyclic amines) is 1. The Labute approximate surface area is 317 Å². The molecular weight excluding hydrogens is 674 g/mol. The molecule has 3 N–H and O–H groups in total. The lowest BCUT2D eigenvalue weighted by Gasteiger charge is -2.62. The maximum Gasteiger partial charge on any atom is 0.303 e. The van der Waals surface area contributed by atoms with Crippen LogP contribution in [0.5, 0.6) is 0 Å². The van der Waals surface area contributed by atoms with Gasteiger partial charge in [-0.15, -0.1) is 0 Å². The van der Waals surface area contributed by atoms with Gasteiger partial charge in [-0.25, -0.2) is 0 Å². The van der Waals surface area contributed by atoms with Crippen molar-refractivity contribution in [2.24, 2.45) is 57.0 Å². The summed E-state index contributed by atoms with van der Waals surface area (Å²) in [4.78, 5) is 32.1. The number of methoxy groups -OCH3 is 1. The molecule has 0 aromatic rings. The second-order valence-electron chi connectivity index (χ2n) is 20.5. The topological polar surface area (TPSA) is 133 Å². The van der Waals surface area contributed by atoms with Crippen LogP contribution in [0.25, 0.3) is 0 Å². The number of nitrogens with zero attached hydrogens (tertiary/aromatic N) is 2. The number of carbonyl (C=O) groups excluding carboxylic acids is 2. The fraction of sp³-hybridized carbons (Fsp3) is 0.952. The van der Waals surface area contributed by atoms with Gasteiger partial charge in [-0.2, -0.15) is 0 Å². The highest BCUT2D eigenvalue weighted by Gasteiger charge is 2.85. The van der Waals surface area contributed by atoms with Crippen LogP contribution in [0, 0.1) is 51.2 Å². The summed E-state index contributed by atoms with van der Waals surface area (Å²) in [5.41, 5.74) is 5.31. The molecule has 8 aliphatic rings. The van der Waals surface area contributed by atoms with Crippen molar-refractivity contribution in [2.75, 3.05) is 59.6 Å². The summed E-state index contributed by atoms with van der Waals surface area (Å²) >= 11 is 0. The zero-order valence-electron chi connectivity index (χ0n) is 33.9. The number of esters is 1. The van der Waals surface area contributed by atoms with Crippen molar-refractivity contribution in [3.8, 4) is 0 Å².